The number of carbonyl (C=O) groups excluding carboxylic acids is 2. The molecule has 1 rings (SSSR count). The van der Waals surface area contributed by atoms with Gasteiger partial charge in [-0.2, -0.15) is 0 Å². The Morgan fingerprint density at radius 3 is 2.50 bits per heavy atom. The second kappa shape index (κ2) is 3.77. The molecule has 5 heteroatoms. The van der Waals surface area contributed by atoms with E-state index in [0.717, 1.165) is 0 Å². The van der Waals surface area contributed by atoms with Crippen molar-refractivity contribution in [3.05, 3.63) is 0 Å². The number of hydrogen-bond donors (Lipinski definition) is 0. The van der Waals surface area contributed by atoms with Crippen LogP contribution in [0.4, 0.5) is 4.79 Å². The first-order valence-electron chi connectivity index (χ1n) is 4.44. The Balaban J connectivity index is 2.52. The fraction of sp³-hybridized carbons (Fsp3) is 0.778. The Kier molecular flexibility index (Phi) is 3.04. The summed E-state index contributed by atoms with van der Waals surface area (Å²) < 4.78 is 5.09. The molecule has 14 heavy (non-hydrogen) atoms. The summed E-state index contributed by atoms with van der Waals surface area (Å²) in [7, 11) is 0. The number of likely N-dealkylation sites (tertiary alicyclic amines) is 1. The number of Topliss-reactive ketones (excluding diaryl/α,β-unsaturated/α-hetero) is 1. The van der Waals surface area contributed by atoms with Crippen LogP contribution >= 0.6 is 11.6 Å². The van der Waals surface area contributed by atoms with E-state index in [2.05, 4.69) is 0 Å². The molecule has 0 unspecified atom stereocenters. The van der Waals surface area contributed by atoms with Gasteiger partial charge < -0.3 is 4.74 Å². The second-order valence-electron chi connectivity index (χ2n) is 4.29. The molecule has 0 aromatic carbocycles. The lowest BCUT2D eigenvalue weighted by Crippen LogP contribution is -2.35. The molecule has 1 heterocycles. The molecule has 1 atom stereocenters. The fourth-order valence-corrected chi connectivity index (χ4v) is 1.35. The van der Waals surface area contributed by atoms with Crippen molar-refractivity contribution < 1.29 is 14.3 Å². The molecule has 0 aliphatic carbocycles. The first-order chi connectivity index (χ1) is 6.29. The number of alkyl halides is 1. The highest BCUT2D eigenvalue weighted by Gasteiger charge is 2.34. The number of ketones is 1. The molecule has 0 bridgehead atoms. The van der Waals surface area contributed by atoms with E-state index in [1.807, 2.05) is 0 Å². The van der Waals surface area contributed by atoms with Gasteiger partial charge in [0, 0.05) is 6.54 Å². The van der Waals surface area contributed by atoms with E-state index >= 15 is 0 Å². The smallest absolute Gasteiger partial charge is 0.410 e. The Bertz CT molecular complexity index is 259. The minimum atomic E-state index is -0.581. The number of nitrogens with zero attached hydrogens (tertiary/aromatic N) is 1. The number of halogens is 1. The SMILES string of the molecule is CC(C)(C)OC(=O)N1CC(=O)[C@H](Cl)C1. The molecular weight excluding hydrogens is 206 g/mol. The highest BCUT2D eigenvalue weighted by atomic mass is 35.5. The molecule has 4 nitrogen and oxygen atoms in total. The van der Waals surface area contributed by atoms with E-state index in [0.29, 0.717) is 0 Å². The van der Waals surface area contributed by atoms with Crippen LogP contribution in [0.1, 0.15) is 20.8 Å². The van der Waals surface area contributed by atoms with E-state index in [1.54, 1.807) is 20.8 Å². The molecule has 0 aromatic rings. The molecule has 80 valence electrons. The van der Waals surface area contributed by atoms with Gasteiger partial charge in [-0.3, -0.25) is 9.69 Å². The number of amides is 1. The highest BCUT2D eigenvalue weighted by molar-refractivity contribution is 6.32. The van der Waals surface area contributed by atoms with Gasteiger partial charge in [-0.05, 0) is 20.8 Å². The average molecular weight is 220 g/mol. The second-order valence-corrected chi connectivity index (χ2v) is 4.82. The van der Waals surface area contributed by atoms with Crippen LogP contribution in [-0.4, -0.2) is 40.8 Å². The third-order valence-electron chi connectivity index (χ3n) is 1.73. The predicted molar refractivity (Wildman–Crippen MR) is 52.5 cm³/mol. The van der Waals surface area contributed by atoms with Crippen molar-refractivity contribution in [1.29, 1.82) is 0 Å². The molecule has 0 N–H and O–H groups in total. The monoisotopic (exact) mass is 219 g/mol. The van der Waals surface area contributed by atoms with Crippen LogP contribution in [0.25, 0.3) is 0 Å². The zero-order valence-corrected chi connectivity index (χ0v) is 9.30. The van der Waals surface area contributed by atoms with Gasteiger partial charge in [-0.1, -0.05) is 0 Å². The maximum atomic E-state index is 11.4. The van der Waals surface area contributed by atoms with Crippen molar-refractivity contribution in [3.63, 3.8) is 0 Å². The summed E-state index contributed by atoms with van der Waals surface area (Å²) in [6.45, 7) is 5.64. The quantitative estimate of drug-likeness (QED) is 0.579. The normalized spacial score (nSPS) is 22.7. The summed E-state index contributed by atoms with van der Waals surface area (Å²) in [5, 5.41) is -0.581. The lowest BCUT2D eigenvalue weighted by atomic mass is 10.2. The van der Waals surface area contributed by atoms with Crippen LogP contribution < -0.4 is 0 Å². The van der Waals surface area contributed by atoms with Crippen LogP contribution in [0.15, 0.2) is 0 Å². The number of ether oxygens (including phenoxy) is 1. The van der Waals surface area contributed by atoms with Gasteiger partial charge in [-0.15, -0.1) is 11.6 Å². The standard InChI is InChI=1S/C9H14ClNO3/c1-9(2,3)14-8(13)11-4-6(10)7(12)5-11/h6H,4-5H2,1-3H3/t6-/m1/s1. The van der Waals surface area contributed by atoms with Crippen LogP contribution in [-0.2, 0) is 9.53 Å². The Labute approximate surface area is 88.2 Å². The van der Waals surface area contributed by atoms with Gasteiger partial charge in [0.05, 0.1) is 6.54 Å². The molecule has 1 fully saturated rings. The maximum Gasteiger partial charge on any atom is 0.410 e. The summed E-state index contributed by atoms with van der Waals surface area (Å²) in [6, 6.07) is 0. The van der Waals surface area contributed by atoms with Crippen molar-refractivity contribution >= 4 is 23.5 Å². The third-order valence-corrected chi connectivity index (χ3v) is 2.11. The molecular formula is C9H14ClNO3. The van der Waals surface area contributed by atoms with Gasteiger partial charge in [0.15, 0.2) is 5.78 Å². The molecule has 1 saturated heterocycles. The molecule has 1 aliphatic heterocycles. The van der Waals surface area contributed by atoms with Crippen LogP contribution in [0.3, 0.4) is 0 Å². The Morgan fingerprint density at radius 1 is 1.57 bits per heavy atom. The molecule has 1 aliphatic rings. The number of hydrogen-bond acceptors (Lipinski definition) is 3. The van der Waals surface area contributed by atoms with Crippen LogP contribution in [0, 0.1) is 0 Å². The Hall–Kier alpha value is -0.770. The molecule has 0 saturated carbocycles. The fourth-order valence-electron chi connectivity index (χ4n) is 1.11. The topological polar surface area (TPSA) is 46.6 Å². The first-order valence-corrected chi connectivity index (χ1v) is 4.88. The summed E-state index contributed by atoms with van der Waals surface area (Å²) in [6.07, 6.45) is -0.478. The minimum Gasteiger partial charge on any atom is -0.444 e. The van der Waals surface area contributed by atoms with Crippen molar-refractivity contribution in [2.45, 2.75) is 31.7 Å². The average Bonchev–Trinajstić information content (AvgIpc) is 2.28. The van der Waals surface area contributed by atoms with Crippen molar-refractivity contribution in [1.82, 2.24) is 4.90 Å². The first kappa shape index (κ1) is 11.3. The molecule has 0 spiro atoms. The maximum absolute atomic E-state index is 11.4. The molecule has 1 amide bonds. The molecule has 0 radical (unpaired) electrons. The van der Waals surface area contributed by atoms with Gasteiger partial charge in [0.2, 0.25) is 0 Å². The number of carbonyl (C=O) groups is 2. The Morgan fingerprint density at radius 2 is 2.14 bits per heavy atom. The predicted octanol–water partition coefficient (Wildman–Crippen LogP) is 1.41. The van der Waals surface area contributed by atoms with Gasteiger partial charge in [0.25, 0.3) is 0 Å². The highest BCUT2D eigenvalue weighted by Crippen LogP contribution is 2.16. The van der Waals surface area contributed by atoms with Gasteiger partial charge >= 0.3 is 6.09 Å². The molecule has 0 aromatic heterocycles. The third kappa shape index (κ3) is 2.87. The van der Waals surface area contributed by atoms with E-state index in [9.17, 15) is 9.59 Å². The van der Waals surface area contributed by atoms with E-state index in [-0.39, 0.29) is 18.9 Å². The lowest BCUT2D eigenvalue weighted by molar-refractivity contribution is -0.116. The summed E-state index contributed by atoms with van der Waals surface area (Å²) in [4.78, 5) is 23.8. The largest absolute Gasteiger partial charge is 0.444 e. The van der Waals surface area contributed by atoms with Crippen molar-refractivity contribution in [2.24, 2.45) is 0 Å². The minimum absolute atomic E-state index is 0.0586. The van der Waals surface area contributed by atoms with Gasteiger partial charge in [-0.25, -0.2) is 4.79 Å². The van der Waals surface area contributed by atoms with E-state index < -0.39 is 17.1 Å². The van der Waals surface area contributed by atoms with Crippen molar-refractivity contribution in [3.8, 4) is 0 Å². The lowest BCUT2D eigenvalue weighted by Gasteiger charge is -2.23. The van der Waals surface area contributed by atoms with E-state index in [1.165, 1.54) is 4.90 Å². The number of rotatable bonds is 0. The summed E-state index contributed by atoms with van der Waals surface area (Å²) >= 11 is 5.67. The zero-order valence-electron chi connectivity index (χ0n) is 8.54. The van der Waals surface area contributed by atoms with Crippen LogP contribution in [0.2, 0.25) is 0 Å². The van der Waals surface area contributed by atoms with E-state index in [4.69, 9.17) is 16.3 Å². The van der Waals surface area contributed by atoms with Crippen molar-refractivity contribution in [2.75, 3.05) is 13.1 Å². The van der Waals surface area contributed by atoms with Gasteiger partial charge in [0.1, 0.15) is 11.0 Å². The summed E-state index contributed by atoms with van der Waals surface area (Å²) in [5.74, 6) is -0.127. The van der Waals surface area contributed by atoms with Crippen LogP contribution in [0.5, 0.6) is 0 Å². The summed E-state index contributed by atoms with van der Waals surface area (Å²) in [5.41, 5.74) is -0.537. The zero-order chi connectivity index (χ0) is 10.9.